The summed E-state index contributed by atoms with van der Waals surface area (Å²) in [4.78, 5) is 0. The van der Waals surface area contributed by atoms with Gasteiger partial charge >= 0.3 is 0 Å². The second-order valence-electron chi connectivity index (χ2n) is 4.68. The molecule has 1 N–H and O–H groups in total. The average Bonchev–Trinajstić information content (AvgIpc) is 2.42. The molecule has 0 saturated heterocycles. The zero-order valence-corrected chi connectivity index (χ0v) is 11.7. The minimum atomic E-state index is 0.841. The zero-order chi connectivity index (χ0) is 12.9. The molecule has 18 heavy (non-hydrogen) atoms. The third-order valence-corrected chi connectivity index (χ3v) is 2.97. The van der Waals surface area contributed by atoms with Gasteiger partial charge in [0.1, 0.15) is 5.75 Å². The van der Waals surface area contributed by atoms with E-state index < -0.39 is 0 Å². The largest absolute Gasteiger partial charge is 0.494 e. The Bertz CT molecular complexity index is 274. The van der Waals surface area contributed by atoms with E-state index in [0.29, 0.717) is 0 Å². The van der Waals surface area contributed by atoms with Gasteiger partial charge in [-0.3, -0.25) is 0 Å². The van der Waals surface area contributed by atoms with Crippen molar-refractivity contribution in [3.8, 4) is 5.75 Å². The predicted molar refractivity (Wildman–Crippen MR) is 78.2 cm³/mol. The third-order valence-electron chi connectivity index (χ3n) is 2.97. The molecule has 0 aromatic heterocycles. The Labute approximate surface area is 112 Å². The molecule has 0 radical (unpaired) electrons. The molecule has 1 aromatic carbocycles. The van der Waals surface area contributed by atoms with Crippen molar-refractivity contribution in [3.05, 3.63) is 30.3 Å². The fourth-order valence-electron chi connectivity index (χ4n) is 1.84. The SMILES string of the molecule is CCCCNCCCCCCOc1ccccc1. The van der Waals surface area contributed by atoms with Crippen LogP contribution >= 0.6 is 0 Å². The van der Waals surface area contributed by atoms with Gasteiger partial charge in [0.25, 0.3) is 0 Å². The molecule has 0 atom stereocenters. The Kier molecular flexibility index (Phi) is 9.27. The second-order valence-corrected chi connectivity index (χ2v) is 4.68. The van der Waals surface area contributed by atoms with Crippen LogP contribution in [0.2, 0.25) is 0 Å². The lowest BCUT2D eigenvalue weighted by molar-refractivity contribution is 0.304. The van der Waals surface area contributed by atoms with Crippen molar-refractivity contribution in [1.29, 1.82) is 0 Å². The quantitative estimate of drug-likeness (QED) is 0.598. The van der Waals surface area contributed by atoms with Crippen molar-refractivity contribution in [2.24, 2.45) is 0 Å². The van der Waals surface area contributed by atoms with Crippen molar-refractivity contribution in [3.63, 3.8) is 0 Å². The highest BCUT2D eigenvalue weighted by molar-refractivity contribution is 5.20. The van der Waals surface area contributed by atoms with Crippen molar-refractivity contribution >= 4 is 0 Å². The zero-order valence-electron chi connectivity index (χ0n) is 11.7. The van der Waals surface area contributed by atoms with Gasteiger partial charge in [0.15, 0.2) is 0 Å². The summed E-state index contributed by atoms with van der Waals surface area (Å²) < 4.78 is 5.65. The summed E-state index contributed by atoms with van der Waals surface area (Å²) in [7, 11) is 0. The fraction of sp³-hybridized carbons (Fsp3) is 0.625. The van der Waals surface area contributed by atoms with Gasteiger partial charge in [-0.25, -0.2) is 0 Å². The van der Waals surface area contributed by atoms with Crippen molar-refractivity contribution in [2.75, 3.05) is 19.7 Å². The lowest BCUT2D eigenvalue weighted by atomic mass is 10.2. The first-order chi connectivity index (χ1) is 8.93. The summed E-state index contributed by atoms with van der Waals surface area (Å²) in [6, 6.07) is 10.1. The molecule has 0 bridgehead atoms. The molecule has 0 fully saturated rings. The molecule has 2 heteroatoms. The van der Waals surface area contributed by atoms with E-state index >= 15 is 0 Å². The first-order valence-electron chi connectivity index (χ1n) is 7.32. The molecule has 0 amide bonds. The van der Waals surface area contributed by atoms with Gasteiger partial charge in [-0.05, 0) is 44.5 Å². The van der Waals surface area contributed by atoms with Crippen molar-refractivity contribution in [1.82, 2.24) is 5.32 Å². The summed E-state index contributed by atoms with van der Waals surface area (Å²) in [6.07, 6.45) is 7.59. The third kappa shape index (κ3) is 8.13. The maximum Gasteiger partial charge on any atom is 0.119 e. The van der Waals surface area contributed by atoms with Gasteiger partial charge in [0, 0.05) is 0 Å². The molecule has 1 rings (SSSR count). The summed E-state index contributed by atoms with van der Waals surface area (Å²) in [5.41, 5.74) is 0. The molecule has 0 heterocycles. The molecular formula is C16H27NO. The molecule has 0 spiro atoms. The number of benzene rings is 1. The van der Waals surface area contributed by atoms with Crippen LogP contribution in [0, 0.1) is 0 Å². The lowest BCUT2D eigenvalue weighted by Gasteiger charge is -2.06. The summed E-state index contributed by atoms with van der Waals surface area (Å²) in [5.74, 6) is 0.985. The molecule has 1 aromatic rings. The highest BCUT2D eigenvalue weighted by atomic mass is 16.5. The van der Waals surface area contributed by atoms with Crippen LogP contribution < -0.4 is 10.1 Å². The molecule has 0 aliphatic carbocycles. The summed E-state index contributed by atoms with van der Waals surface area (Å²) >= 11 is 0. The van der Waals surface area contributed by atoms with Gasteiger partial charge in [-0.2, -0.15) is 0 Å². The van der Waals surface area contributed by atoms with E-state index in [-0.39, 0.29) is 0 Å². The number of rotatable bonds is 11. The van der Waals surface area contributed by atoms with Crippen LogP contribution in [-0.4, -0.2) is 19.7 Å². The molecular weight excluding hydrogens is 222 g/mol. The molecule has 0 unspecified atom stereocenters. The lowest BCUT2D eigenvalue weighted by Crippen LogP contribution is -2.16. The van der Waals surface area contributed by atoms with Gasteiger partial charge in [0.2, 0.25) is 0 Å². The second kappa shape index (κ2) is 11.1. The summed E-state index contributed by atoms with van der Waals surface area (Å²) in [5, 5.41) is 3.47. The van der Waals surface area contributed by atoms with E-state index in [9.17, 15) is 0 Å². The van der Waals surface area contributed by atoms with Crippen LogP contribution in [0.15, 0.2) is 30.3 Å². The minimum Gasteiger partial charge on any atom is -0.494 e. The number of para-hydroxylation sites is 1. The standard InChI is InChI=1S/C16H27NO/c1-2-3-13-17-14-9-4-5-10-15-18-16-11-7-6-8-12-16/h6-8,11-12,17H,2-5,9-10,13-15H2,1H3. The topological polar surface area (TPSA) is 21.3 Å². The van der Waals surface area contributed by atoms with Crippen LogP contribution in [-0.2, 0) is 0 Å². The fourth-order valence-corrected chi connectivity index (χ4v) is 1.84. The van der Waals surface area contributed by atoms with Crippen LogP contribution in [0.25, 0.3) is 0 Å². The highest BCUT2D eigenvalue weighted by Gasteiger charge is 1.93. The Balaban J connectivity index is 1.82. The summed E-state index contributed by atoms with van der Waals surface area (Å²) in [6.45, 7) is 5.41. The van der Waals surface area contributed by atoms with E-state index in [1.54, 1.807) is 0 Å². The number of unbranched alkanes of at least 4 members (excludes halogenated alkanes) is 4. The number of nitrogens with one attached hydrogen (secondary N) is 1. The predicted octanol–water partition coefficient (Wildman–Crippen LogP) is 4.02. The Hall–Kier alpha value is -1.02. The number of hydrogen-bond donors (Lipinski definition) is 1. The van der Waals surface area contributed by atoms with E-state index in [1.807, 2.05) is 30.3 Å². The van der Waals surface area contributed by atoms with E-state index in [0.717, 1.165) is 18.8 Å². The van der Waals surface area contributed by atoms with Crippen LogP contribution in [0.3, 0.4) is 0 Å². The Morgan fingerprint density at radius 2 is 1.61 bits per heavy atom. The van der Waals surface area contributed by atoms with Crippen molar-refractivity contribution < 1.29 is 4.74 Å². The van der Waals surface area contributed by atoms with E-state index in [2.05, 4.69) is 12.2 Å². The van der Waals surface area contributed by atoms with Crippen LogP contribution in [0.5, 0.6) is 5.75 Å². The van der Waals surface area contributed by atoms with Crippen molar-refractivity contribution in [2.45, 2.75) is 45.4 Å². The van der Waals surface area contributed by atoms with Gasteiger partial charge in [0.05, 0.1) is 6.61 Å². The highest BCUT2D eigenvalue weighted by Crippen LogP contribution is 2.09. The molecule has 102 valence electrons. The normalized spacial score (nSPS) is 10.5. The molecule has 2 nitrogen and oxygen atoms in total. The smallest absolute Gasteiger partial charge is 0.119 e. The van der Waals surface area contributed by atoms with Crippen LogP contribution in [0.4, 0.5) is 0 Å². The Morgan fingerprint density at radius 3 is 2.39 bits per heavy atom. The van der Waals surface area contributed by atoms with E-state index in [1.165, 1.54) is 45.2 Å². The first kappa shape index (κ1) is 15.0. The van der Waals surface area contributed by atoms with Gasteiger partial charge in [-0.1, -0.05) is 44.4 Å². The average molecular weight is 249 g/mol. The van der Waals surface area contributed by atoms with E-state index in [4.69, 9.17) is 4.74 Å². The maximum atomic E-state index is 5.65. The monoisotopic (exact) mass is 249 g/mol. The molecule has 0 saturated carbocycles. The minimum absolute atomic E-state index is 0.841. The number of hydrogen-bond acceptors (Lipinski definition) is 2. The molecule has 0 aliphatic rings. The van der Waals surface area contributed by atoms with Gasteiger partial charge in [-0.15, -0.1) is 0 Å². The van der Waals surface area contributed by atoms with Crippen LogP contribution in [0.1, 0.15) is 45.4 Å². The number of ether oxygens (including phenoxy) is 1. The maximum absolute atomic E-state index is 5.65. The molecule has 0 aliphatic heterocycles. The first-order valence-corrected chi connectivity index (χ1v) is 7.32. The Morgan fingerprint density at radius 1 is 0.889 bits per heavy atom. The van der Waals surface area contributed by atoms with Gasteiger partial charge < -0.3 is 10.1 Å².